The van der Waals surface area contributed by atoms with Gasteiger partial charge in [-0.1, -0.05) is 25.6 Å². The minimum Gasteiger partial charge on any atom is -0.192 e. The average molecular weight is 157 g/mol. The van der Waals surface area contributed by atoms with Crippen molar-refractivity contribution in [2.45, 2.75) is 13.3 Å². The molecular formula is C11H11N. The Morgan fingerprint density at radius 2 is 2.33 bits per heavy atom. The highest BCUT2D eigenvalue weighted by Crippen LogP contribution is 1.87. The average Bonchev–Trinajstić information content (AvgIpc) is 2.09. The molecule has 12 heavy (non-hydrogen) atoms. The zero-order chi connectivity index (χ0) is 8.97. The zero-order valence-electron chi connectivity index (χ0n) is 7.17. The van der Waals surface area contributed by atoms with Crippen molar-refractivity contribution >= 4 is 12.7 Å². The SMILES string of the molecule is C=c1ccc(C#N)cc1=CCC. The largest absolute Gasteiger partial charge is 0.192 e. The van der Waals surface area contributed by atoms with E-state index in [9.17, 15) is 0 Å². The molecule has 0 bridgehead atoms. The van der Waals surface area contributed by atoms with E-state index >= 15 is 0 Å². The fourth-order valence-electron chi connectivity index (χ4n) is 1.07. The van der Waals surface area contributed by atoms with Crippen LogP contribution in [0, 0.1) is 11.3 Å². The van der Waals surface area contributed by atoms with Gasteiger partial charge in [0, 0.05) is 0 Å². The molecule has 1 aromatic rings. The van der Waals surface area contributed by atoms with E-state index in [1.54, 1.807) is 6.07 Å². The van der Waals surface area contributed by atoms with E-state index in [0.717, 1.165) is 16.9 Å². The third-order valence-corrected chi connectivity index (χ3v) is 1.70. The Balaban J connectivity index is 3.39. The first-order chi connectivity index (χ1) is 5.77. The summed E-state index contributed by atoms with van der Waals surface area (Å²) in [6, 6.07) is 7.63. The molecule has 0 aliphatic carbocycles. The molecule has 0 unspecified atom stereocenters. The smallest absolute Gasteiger partial charge is 0.0991 e. The monoisotopic (exact) mass is 157 g/mol. The van der Waals surface area contributed by atoms with Crippen LogP contribution in [-0.4, -0.2) is 0 Å². The van der Waals surface area contributed by atoms with Crippen molar-refractivity contribution in [3.63, 3.8) is 0 Å². The molecule has 0 aromatic heterocycles. The van der Waals surface area contributed by atoms with Gasteiger partial charge in [-0.2, -0.15) is 5.26 Å². The lowest BCUT2D eigenvalue weighted by atomic mass is 10.1. The third-order valence-electron chi connectivity index (χ3n) is 1.70. The molecule has 60 valence electrons. The van der Waals surface area contributed by atoms with Crippen molar-refractivity contribution in [3.05, 3.63) is 34.2 Å². The van der Waals surface area contributed by atoms with Crippen molar-refractivity contribution in [2.24, 2.45) is 0 Å². The standard InChI is InChI=1S/C11H11N/c1-3-4-11-7-10(8-12)6-5-9(11)2/h4-7H,2-3H2,1H3. The van der Waals surface area contributed by atoms with Crippen LogP contribution in [0.2, 0.25) is 0 Å². The third kappa shape index (κ3) is 1.73. The Hall–Kier alpha value is -1.55. The van der Waals surface area contributed by atoms with E-state index in [0.29, 0.717) is 5.56 Å². The molecule has 0 spiro atoms. The molecule has 0 amide bonds. The van der Waals surface area contributed by atoms with E-state index in [-0.39, 0.29) is 0 Å². The van der Waals surface area contributed by atoms with Gasteiger partial charge in [-0.05, 0) is 29.0 Å². The van der Waals surface area contributed by atoms with Crippen LogP contribution in [0.1, 0.15) is 18.9 Å². The van der Waals surface area contributed by atoms with Crippen LogP contribution in [0.15, 0.2) is 18.2 Å². The van der Waals surface area contributed by atoms with Crippen molar-refractivity contribution in [2.75, 3.05) is 0 Å². The van der Waals surface area contributed by atoms with Crippen LogP contribution in [0.25, 0.3) is 12.7 Å². The molecule has 0 fully saturated rings. The molecule has 0 N–H and O–H groups in total. The summed E-state index contributed by atoms with van der Waals surface area (Å²) in [6.07, 6.45) is 3.04. The van der Waals surface area contributed by atoms with Gasteiger partial charge in [-0.15, -0.1) is 0 Å². The van der Waals surface area contributed by atoms with Crippen LogP contribution < -0.4 is 10.4 Å². The Bertz CT molecular complexity index is 410. The van der Waals surface area contributed by atoms with Gasteiger partial charge in [0.15, 0.2) is 0 Å². The van der Waals surface area contributed by atoms with E-state index in [4.69, 9.17) is 5.26 Å². The summed E-state index contributed by atoms with van der Waals surface area (Å²) in [6.45, 7) is 5.94. The minimum absolute atomic E-state index is 0.696. The van der Waals surface area contributed by atoms with E-state index in [1.165, 1.54) is 0 Å². The number of hydrogen-bond donors (Lipinski definition) is 0. The van der Waals surface area contributed by atoms with Gasteiger partial charge in [-0.3, -0.25) is 0 Å². The quantitative estimate of drug-likeness (QED) is 0.600. The summed E-state index contributed by atoms with van der Waals surface area (Å²) < 4.78 is 0. The second-order valence-corrected chi connectivity index (χ2v) is 2.64. The molecule has 0 heterocycles. The van der Waals surface area contributed by atoms with Crippen molar-refractivity contribution < 1.29 is 0 Å². The predicted octanol–water partition coefficient (Wildman–Crippen LogP) is 1.16. The van der Waals surface area contributed by atoms with Gasteiger partial charge in [0.25, 0.3) is 0 Å². The Kier molecular flexibility index (Phi) is 2.66. The number of nitrogens with zero attached hydrogens (tertiary/aromatic N) is 1. The first-order valence-corrected chi connectivity index (χ1v) is 3.97. The van der Waals surface area contributed by atoms with Crippen molar-refractivity contribution in [1.29, 1.82) is 5.26 Å². The van der Waals surface area contributed by atoms with Gasteiger partial charge < -0.3 is 0 Å². The van der Waals surface area contributed by atoms with Crippen LogP contribution in [0.3, 0.4) is 0 Å². The number of hydrogen-bond acceptors (Lipinski definition) is 1. The second-order valence-electron chi connectivity index (χ2n) is 2.64. The first kappa shape index (κ1) is 8.55. The Morgan fingerprint density at radius 3 is 2.92 bits per heavy atom. The molecule has 0 atom stereocenters. The summed E-state index contributed by atoms with van der Waals surface area (Å²) in [5.41, 5.74) is 0.696. The summed E-state index contributed by atoms with van der Waals surface area (Å²) in [5.74, 6) is 0. The molecule has 1 heteroatoms. The molecule has 1 aromatic carbocycles. The summed E-state index contributed by atoms with van der Waals surface area (Å²) in [4.78, 5) is 0. The summed E-state index contributed by atoms with van der Waals surface area (Å²) in [5, 5.41) is 10.7. The maximum Gasteiger partial charge on any atom is 0.0991 e. The van der Waals surface area contributed by atoms with Gasteiger partial charge in [0.05, 0.1) is 11.6 Å². The maximum absolute atomic E-state index is 8.64. The summed E-state index contributed by atoms with van der Waals surface area (Å²) >= 11 is 0. The van der Waals surface area contributed by atoms with E-state index < -0.39 is 0 Å². The van der Waals surface area contributed by atoms with Crippen LogP contribution >= 0.6 is 0 Å². The molecule has 0 aliphatic rings. The molecule has 0 saturated carbocycles. The summed E-state index contributed by atoms with van der Waals surface area (Å²) in [7, 11) is 0. The van der Waals surface area contributed by atoms with Crippen molar-refractivity contribution in [1.82, 2.24) is 0 Å². The lowest BCUT2D eigenvalue weighted by Crippen LogP contribution is -2.22. The normalized spacial score (nSPS) is 11.2. The second kappa shape index (κ2) is 3.73. The molecule has 0 radical (unpaired) electrons. The highest BCUT2D eigenvalue weighted by atomic mass is 14.2. The lowest BCUT2D eigenvalue weighted by molar-refractivity contribution is 1.28. The highest BCUT2D eigenvalue weighted by Gasteiger charge is 1.87. The lowest BCUT2D eigenvalue weighted by Gasteiger charge is -1.89. The fourth-order valence-corrected chi connectivity index (χ4v) is 1.07. The topological polar surface area (TPSA) is 23.8 Å². The first-order valence-electron chi connectivity index (χ1n) is 3.97. The van der Waals surface area contributed by atoms with E-state index in [2.05, 4.69) is 25.6 Å². The molecule has 1 nitrogen and oxygen atoms in total. The van der Waals surface area contributed by atoms with Gasteiger partial charge in [-0.25, -0.2) is 0 Å². The van der Waals surface area contributed by atoms with Gasteiger partial charge in [0.2, 0.25) is 0 Å². The number of benzene rings is 1. The molecular weight excluding hydrogens is 146 g/mol. The maximum atomic E-state index is 8.64. The molecule has 0 aliphatic heterocycles. The molecule has 1 rings (SSSR count). The van der Waals surface area contributed by atoms with Crippen molar-refractivity contribution in [3.8, 4) is 6.07 Å². The Morgan fingerprint density at radius 1 is 1.58 bits per heavy atom. The predicted molar refractivity (Wildman–Crippen MR) is 50.7 cm³/mol. The van der Waals surface area contributed by atoms with Crippen LogP contribution in [-0.2, 0) is 0 Å². The minimum atomic E-state index is 0.696. The van der Waals surface area contributed by atoms with Crippen LogP contribution in [0.5, 0.6) is 0 Å². The fraction of sp³-hybridized carbons (Fsp3) is 0.182. The highest BCUT2D eigenvalue weighted by molar-refractivity contribution is 5.35. The van der Waals surface area contributed by atoms with Crippen LogP contribution in [0.4, 0.5) is 0 Å². The van der Waals surface area contributed by atoms with Gasteiger partial charge >= 0.3 is 0 Å². The van der Waals surface area contributed by atoms with Gasteiger partial charge in [0.1, 0.15) is 0 Å². The molecule has 0 saturated heterocycles. The zero-order valence-corrected chi connectivity index (χ0v) is 7.17. The van der Waals surface area contributed by atoms with E-state index in [1.807, 2.05) is 12.1 Å². The Labute approximate surface area is 72.3 Å². The number of nitriles is 1. The number of rotatable bonds is 1.